The number of halogens is 3. The van der Waals surface area contributed by atoms with Crippen LogP contribution in [0.3, 0.4) is 0 Å². The monoisotopic (exact) mass is 298 g/mol. The van der Waals surface area contributed by atoms with Gasteiger partial charge in [-0.2, -0.15) is 13.2 Å². The second-order valence-electron chi connectivity index (χ2n) is 5.90. The highest BCUT2D eigenvalue weighted by molar-refractivity contribution is 5.83. The maximum atomic E-state index is 12.5. The molecule has 3 rings (SSSR count). The number of benzene rings is 1. The van der Waals surface area contributed by atoms with Gasteiger partial charge in [-0.05, 0) is 36.5 Å². The van der Waals surface area contributed by atoms with Crippen LogP contribution in [-0.2, 0) is 11.0 Å². The number of alkyl halides is 3. The van der Waals surface area contributed by atoms with E-state index in [1.165, 1.54) is 12.1 Å². The Morgan fingerprint density at radius 2 is 1.90 bits per heavy atom. The van der Waals surface area contributed by atoms with Crippen molar-refractivity contribution >= 4 is 5.91 Å². The van der Waals surface area contributed by atoms with Gasteiger partial charge >= 0.3 is 6.18 Å². The molecule has 1 heterocycles. The molecule has 1 saturated carbocycles. The molecule has 1 saturated heterocycles. The molecule has 2 N–H and O–H groups in total. The summed E-state index contributed by atoms with van der Waals surface area (Å²) in [6.45, 7) is 1.28. The highest BCUT2D eigenvalue weighted by atomic mass is 19.4. The molecule has 3 atom stereocenters. The number of hydrogen-bond donors (Lipinski definition) is 1. The summed E-state index contributed by atoms with van der Waals surface area (Å²) in [7, 11) is 0. The van der Waals surface area contributed by atoms with Crippen LogP contribution in [0.15, 0.2) is 24.3 Å². The van der Waals surface area contributed by atoms with Crippen molar-refractivity contribution in [1.29, 1.82) is 0 Å². The average Bonchev–Trinajstić information content (AvgIpc) is 3.12. The van der Waals surface area contributed by atoms with Gasteiger partial charge in [-0.25, -0.2) is 0 Å². The zero-order chi connectivity index (χ0) is 15.2. The molecule has 1 aliphatic heterocycles. The van der Waals surface area contributed by atoms with E-state index in [0.717, 1.165) is 30.5 Å². The topological polar surface area (TPSA) is 46.3 Å². The quantitative estimate of drug-likeness (QED) is 0.911. The molecule has 0 spiro atoms. The fourth-order valence-corrected chi connectivity index (χ4v) is 2.98. The lowest BCUT2D eigenvalue weighted by molar-refractivity contribution is -0.137. The molecule has 1 aliphatic carbocycles. The SMILES string of the molecule is N[C@@H]1CCN(C(=O)C2CC2c2ccc(C(F)(F)F)cc2)C1. The van der Waals surface area contributed by atoms with Gasteiger partial charge < -0.3 is 10.6 Å². The Morgan fingerprint density at radius 3 is 2.43 bits per heavy atom. The minimum Gasteiger partial charge on any atom is -0.341 e. The number of carbonyl (C=O) groups is 1. The Balaban J connectivity index is 1.64. The normalized spacial score (nSPS) is 28.8. The summed E-state index contributed by atoms with van der Waals surface area (Å²) < 4.78 is 37.5. The third-order valence-electron chi connectivity index (χ3n) is 4.31. The van der Waals surface area contributed by atoms with Gasteiger partial charge in [-0.15, -0.1) is 0 Å². The second-order valence-corrected chi connectivity index (χ2v) is 5.90. The second kappa shape index (κ2) is 5.02. The fraction of sp³-hybridized carbons (Fsp3) is 0.533. The Hall–Kier alpha value is -1.56. The molecule has 21 heavy (non-hydrogen) atoms. The van der Waals surface area contributed by atoms with Gasteiger partial charge in [0, 0.05) is 25.0 Å². The van der Waals surface area contributed by atoms with Crippen molar-refractivity contribution < 1.29 is 18.0 Å². The van der Waals surface area contributed by atoms with Crippen LogP contribution in [0.2, 0.25) is 0 Å². The van der Waals surface area contributed by atoms with E-state index in [-0.39, 0.29) is 23.8 Å². The lowest BCUT2D eigenvalue weighted by atomic mass is 10.1. The standard InChI is InChI=1S/C15H17F3N2O/c16-15(17,18)10-3-1-9(2-4-10)12-7-13(12)14(21)20-6-5-11(19)8-20/h1-4,11-13H,5-8,19H2/t11-,12?,13?/m1/s1. The van der Waals surface area contributed by atoms with Gasteiger partial charge in [-0.1, -0.05) is 12.1 Å². The predicted octanol–water partition coefficient (Wildman–Crippen LogP) is 2.37. The molecular formula is C15H17F3N2O. The van der Waals surface area contributed by atoms with E-state index < -0.39 is 11.7 Å². The third-order valence-corrected chi connectivity index (χ3v) is 4.31. The first-order valence-corrected chi connectivity index (χ1v) is 7.08. The summed E-state index contributed by atoms with van der Waals surface area (Å²) in [5, 5.41) is 0. The number of rotatable bonds is 2. The molecule has 2 fully saturated rings. The summed E-state index contributed by atoms with van der Waals surface area (Å²) in [6, 6.07) is 5.19. The Labute approximate surface area is 120 Å². The number of nitrogens with two attached hydrogens (primary N) is 1. The molecule has 3 nitrogen and oxygen atoms in total. The fourth-order valence-electron chi connectivity index (χ4n) is 2.98. The van der Waals surface area contributed by atoms with Crippen LogP contribution >= 0.6 is 0 Å². The van der Waals surface area contributed by atoms with E-state index >= 15 is 0 Å². The van der Waals surface area contributed by atoms with Crippen LogP contribution in [-0.4, -0.2) is 29.9 Å². The van der Waals surface area contributed by atoms with Crippen LogP contribution in [0, 0.1) is 5.92 Å². The van der Waals surface area contributed by atoms with E-state index in [1.807, 2.05) is 0 Å². The Kier molecular flexibility index (Phi) is 3.43. The van der Waals surface area contributed by atoms with E-state index in [9.17, 15) is 18.0 Å². The largest absolute Gasteiger partial charge is 0.416 e. The number of carbonyl (C=O) groups excluding carboxylic acids is 1. The third kappa shape index (κ3) is 2.90. The van der Waals surface area contributed by atoms with Gasteiger partial charge in [0.05, 0.1) is 5.56 Å². The van der Waals surface area contributed by atoms with Gasteiger partial charge in [-0.3, -0.25) is 4.79 Å². The predicted molar refractivity (Wildman–Crippen MR) is 71.5 cm³/mol. The molecular weight excluding hydrogens is 281 g/mol. The molecule has 2 aliphatic rings. The van der Waals surface area contributed by atoms with Crippen molar-refractivity contribution in [1.82, 2.24) is 4.90 Å². The van der Waals surface area contributed by atoms with Crippen LogP contribution < -0.4 is 5.73 Å². The molecule has 1 aromatic rings. The van der Waals surface area contributed by atoms with Crippen molar-refractivity contribution in [2.75, 3.05) is 13.1 Å². The maximum Gasteiger partial charge on any atom is 0.416 e. The summed E-state index contributed by atoms with van der Waals surface area (Å²) in [5.41, 5.74) is 5.94. The number of hydrogen-bond acceptors (Lipinski definition) is 2. The van der Waals surface area contributed by atoms with E-state index in [0.29, 0.717) is 13.1 Å². The average molecular weight is 298 g/mol. The molecule has 0 aromatic heterocycles. The van der Waals surface area contributed by atoms with Crippen LogP contribution in [0.4, 0.5) is 13.2 Å². The Morgan fingerprint density at radius 1 is 1.24 bits per heavy atom. The molecule has 1 amide bonds. The van der Waals surface area contributed by atoms with Crippen LogP contribution in [0.25, 0.3) is 0 Å². The minimum atomic E-state index is -4.32. The van der Waals surface area contributed by atoms with Crippen molar-refractivity contribution in [3.63, 3.8) is 0 Å². The first-order valence-electron chi connectivity index (χ1n) is 7.08. The molecule has 6 heteroatoms. The van der Waals surface area contributed by atoms with Gasteiger partial charge in [0.1, 0.15) is 0 Å². The molecule has 2 unspecified atom stereocenters. The number of amides is 1. The van der Waals surface area contributed by atoms with E-state index in [1.54, 1.807) is 4.90 Å². The van der Waals surface area contributed by atoms with Crippen LogP contribution in [0.5, 0.6) is 0 Å². The molecule has 0 bridgehead atoms. The van der Waals surface area contributed by atoms with E-state index in [4.69, 9.17) is 5.73 Å². The summed E-state index contributed by atoms with van der Waals surface area (Å²) in [4.78, 5) is 14.0. The van der Waals surface area contributed by atoms with Gasteiger partial charge in [0.2, 0.25) is 5.91 Å². The Bertz CT molecular complexity index is 541. The zero-order valence-electron chi connectivity index (χ0n) is 11.4. The smallest absolute Gasteiger partial charge is 0.341 e. The summed E-state index contributed by atoms with van der Waals surface area (Å²) in [6.07, 6.45) is -2.78. The highest BCUT2D eigenvalue weighted by Gasteiger charge is 2.46. The highest BCUT2D eigenvalue weighted by Crippen LogP contribution is 2.49. The first kappa shape index (κ1) is 14.4. The number of nitrogens with zero attached hydrogens (tertiary/aromatic N) is 1. The lowest BCUT2D eigenvalue weighted by Crippen LogP contribution is -2.33. The van der Waals surface area contributed by atoms with Crippen molar-refractivity contribution in [2.24, 2.45) is 11.7 Å². The zero-order valence-corrected chi connectivity index (χ0v) is 11.4. The van der Waals surface area contributed by atoms with Crippen molar-refractivity contribution in [2.45, 2.75) is 31.0 Å². The lowest BCUT2D eigenvalue weighted by Gasteiger charge is -2.15. The van der Waals surface area contributed by atoms with Gasteiger partial charge in [0.25, 0.3) is 0 Å². The van der Waals surface area contributed by atoms with Gasteiger partial charge in [0.15, 0.2) is 0 Å². The van der Waals surface area contributed by atoms with E-state index in [2.05, 4.69) is 0 Å². The first-order chi connectivity index (χ1) is 9.86. The summed E-state index contributed by atoms with van der Waals surface area (Å²) in [5.74, 6) is 0.0523. The molecule has 0 radical (unpaired) electrons. The molecule has 114 valence electrons. The minimum absolute atomic E-state index is 0.0524. The van der Waals surface area contributed by atoms with Crippen LogP contribution in [0.1, 0.15) is 29.9 Å². The maximum absolute atomic E-state index is 12.5. The number of likely N-dealkylation sites (tertiary alicyclic amines) is 1. The molecule has 1 aromatic carbocycles. The summed E-state index contributed by atoms with van der Waals surface area (Å²) >= 11 is 0. The van der Waals surface area contributed by atoms with Crippen molar-refractivity contribution in [3.05, 3.63) is 35.4 Å². The van der Waals surface area contributed by atoms with Crippen molar-refractivity contribution in [3.8, 4) is 0 Å².